The summed E-state index contributed by atoms with van der Waals surface area (Å²) in [4.78, 5) is 21.9. The first-order valence-corrected chi connectivity index (χ1v) is 10.8. The Bertz CT molecular complexity index is 815. The zero-order chi connectivity index (χ0) is 20.1. The Kier molecular flexibility index (Phi) is 6.45. The van der Waals surface area contributed by atoms with Crippen molar-refractivity contribution in [2.75, 3.05) is 32.7 Å². The zero-order valence-corrected chi connectivity index (χ0v) is 17.3. The third-order valence-electron chi connectivity index (χ3n) is 6.00. The van der Waals surface area contributed by atoms with Gasteiger partial charge in [-0.1, -0.05) is 18.6 Å². The molecule has 2 aliphatic rings. The number of benzene rings is 1. The molecule has 2 fully saturated rings. The summed E-state index contributed by atoms with van der Waals surface area (Å²) in [6.45, 7) is 7.73. The number of hydrogen-bond acceptors (Lipinski definition) is 4. The van der Waals surface area contributed by atoms with Crippen LogP contribution in [0.15, 0.2) is 42.6 Å². The van der Waals surface area contributed by atoms with E-state index in [0.29, 0.717) is 12.5 Å². The number of aryl methyl sites for hydroxylation is 1. The predicted octanol–water partition coefficient (Wildman–Crippen LogP) is 3.92. The number of amides is 1. The number of pyridine rings is 1. The number of carbonyl (C=O) groups excluding carboxylic acids is 1. The van der Waals surface area contributed by atoms with Gasteiger partial charge in [0.25, 0.3) is 5.91 Å². The molecule has 0 N–H and O–H groups in total. The van der Waals surface area contributed by atoms with Gasteiger partial charge in [0.2, 0.25) is 0 Å². The van der Waals surface area contributed by atoms with E-state index >= 15 is 0 Å². The number of carbonyl (C=O) groups is 1. The summed E-state index contributed by atoms with van der Waals surface area (Å²) in [7, 11) is 0. The van der Waals surface area contributed by atoms with Gasteiger partial charge in [-0.05, 0) is 75.0 Å². The molecule has 1 unspecified atom stereocenters. The topological polar surface area (TPSA) is 45.7 Å². The maximum absolute atomic E-state index is 13.0. The molecule has 1 amide bonds. The van der Waals surface area contributed by atoms with Crippen molar-refractivity contribution in [2.45, 2.75) is 39.2 Å². The van der Waals surface area contributed by atoms with Crippen LogP contribution in [0, 0.1) is 12.8 Å². The summed E-state index contributed by atoms with van der Waals surface area (Å²) in [5.74, 6) is 1.50. The number of piperidine rings is 1. The Labute approximate surface area is 173 Å². The SMILES string of the molecule is Cc1ccc(OCc2cccc(C(=O)N3CCC(CN4CCCCC4)C3)c2)cn1. The van der Waals surface area contributed by atoms with Gasteiger partial charge in [0.1, 0.15) is 12.4 Å². The fourth-order valence-electron chi connectivity index (χ4n) is 4.36. The number of nitrogens with zero attached hydrogens (tertiary/aromatic N) is 3. The van der Waals surface area contributed by atoms with Gasteiger partial charge in [-0.2, -0.15) is 0 Å². The Morgan fingerprint density at radius 3 is 2.79 bits per heavy atom. The molecule has 4 rings (SSSR count). The van der Waals surface area contributed by atoms with Crippen LogP contribution in [-0.4, -0.2) is 53.4 Å². The minimum atomic E-state index is 0.144. The van der Waals surface area contributed by atoms with Gasteiger partial charge < -0.3 is 14.5 Å². The molecule has 0 bridgehead atoms. The van der Waals surface area contributed by atoms with Crippen molar-refractivity contribution in [3.8, 4) is 5.75 Å². The first kappa shape index (κ1) is 19.9. The highest BCUT2D eigenvalue weighted by Crippen LogP contribution is 2.22. The van der Waals surface area contributed by atoms with Crippen LogP contribution in [0.5, 0.6) is 5.75 Å². The molecule has 1 aromatic carbocycles. The second kappa shape index (κ2) is 9.40. The first-order chi connectivity index (χ1) is 14.2. The number of likely N-dealkylation sites (tertiary alicyclic amines) is 2. The van der Waals surface area contributed by atoms with Crippen LogP contribution in [0.2, 0.25) is 0 Å². The maximum atomic E-state index is 13.0. The molecule has 1 aromatic heterocycles. The lowest BCUT2D eigenvalue weighted by Crippen LogP contribution is -2.36. The molecule has 2 saturated heterocycles. The van der Waals surface area contributed by atoms with E-state index in [0.717, 1.165) is 48.6 Å². The molecule has 3 heterocycles. The quantitative estimate of drug-likeness (QED) is 0.746. The summed E-state index contributed by atoms with van der Waals surface area (Å²) in [5, 5.41) is 0. The summed E-state index contributed by atoms with van der Waals surface area (Å²) in [5.41, 5.74) is 2.72. The summed E-state index contributed by atoms with van der Waals surface area (Å²) in [6.07, 6.45) is 6.86. The van der Waals surface area contributed by atoms with Crippen LogP contribution >= 0.6 is 0 Å². The number of rotatable bonds is 6. The molecule has 154 valence electrons. The average molecular weight is 394 g/mol. The summed E-state index contributed by atoms with van der Waals surface area (Å²) < 4.78 is 5.82. The molecular formula is C24H31N3O2. The normalized spacial score (nSPS) is 20.0. The fraction of sp³-hybridized carbons (Fsp3) is 0.500. The first-order valence-electron chi connectivity index (χ1n) is 10.8. The van der Waals surface area contributed by atoms with Crippen molar-refractivity contribution in [1.29, 1.82) is 0 Å². The molecule has 2 aromatic rings. The van der Waals surface area contributed by atoms with E-state index < -0.39 is 0 Å². The van der Waals surface area contributed by atoms with E-state index in [1.807, 2.05) is 48.2 Å². The Morgan fingerprint density at radius 1 is 1.14 bits per heavy atom. The van der Waals surface area contributed by atoms with Crippen LogP contribution in [0.4, 0.5) is 0 Å². The van der Waals surface area contributed by atoms with Crippen molar-refractivity contribution < 1.29 is 9.53 Å². The van der Waals surface area contributed by atoms with Gasteiger partial charge in [-0.25, -0.2) is 0 Å². The van der Waals surface area contributed by atoms with Gasteiger partial charge in [0.15, 0.2) is 0 Å². The standard InChI is InChI=1S/C24H31N3O2/c1-19-8-9-23(15-25-19)29-18-20-6-5-7-22(14-20)24(28)27-13-10-21(17-27)16-26-11-3-2-4-12-26/h5-9,14-15,21H,2-4,10-13,16-18H2,1H3. The largest absolute Gasteiger partial charge is 0.487 e. The van der Waals surface area contributed by atoms with Crippen LogP contribution in [-0.2, 0) is 6.61 Å². The number of ether oxygens (including phenoxy) is 1. The van der Waals surface area contributed by atoms with E-state index in [1.54, 1.807) is 6.20 Å². The molecule has 2 aliphatic heterocycles. The van der Waals surface area contributed by atoms with Crippen molar-refractivity contribution in [1.82, 2.24) is 14.8 Å². The summed E-state index contributed by atoms with van der Waals surface area (Å²) in [6, 6.07) is 11.7. The molecule has 5 heteroatoms. The van der Waals surface area contributed by atoms with Gasteiger partial charge in [-0.15, -0.1) is 0 Å². The van der Waals surface area contributed by atoms with Crippen molar-refractivity contribution in [3.05, 3.63) is 59.4 Å². The number of aromatic nitrogens is 1. The van der Waals surface area contributed by atoms with E-state index in [4.69, 9.17) is 4.74 Å². The summed E-state index contributed by atoms with van der Waals surface area (Å²) >= 11 is 0. The van der Waals surface area contributed by atoms with Gasteiger partial charge in [0.05, 0.1) is 6.20 Å². The molecular weight excluding hydrogens is 362 g/mol. The fourth-order valence-corrected chi connectivity index (χ4v) is 4.36. The van der Waals surface area contributed by atoms with Gasteiger partial charge in [0, 0.05) is 30.9 Å². The van der Waals surface area contributed by atoms with Crippen molar-refractivity contribution in [3.63, 3.8) is 0 Å². The van der Waals surface area contributed by atoms with Gasteiger partial charge in [-0.3, -0.25) is 9.78 Å². The van der Waals surface area contributed by atoms with E-state index in [2.05, 4.69) is 9.88 Å². The Morgan fingerprint density at radius 2 is 2.00 bits per heavy atom. The lowest BCUT2D eigenvalue weighted by molar-refractivity contribution is 0.0782. The molecule has 0 spiro atoms. The van der Waals surface area contributed by atoms with Crippen LogP contribution < -0.4 is 4.74 Å². The molecule has 0 radical (unpaired) electrons. The lowest BCUT2D eigenvalue weighted by Gasteiger charge is -2.29. The minimum absolute atomic E-state index is 0.144. The van der Waals surface area contributed by atoms with Crippen LogP contribution in [0.1, 0.15) is 47.3 Å². The molecule has 1 atom stereocenters. The van der Waals surface area contributed by atoms with Gasteiger partial charge >= 0.3 is 0 Å². The van der Waals surface area contributed by atoms with Crippen molar-refractivity contribution in [2.24, 2.45) is 5.92 Å². The highest BCUT2D eigenvalue weighted by Gasteiger charge is 2.28. The van der Waals surface area contributed by atoms with Crippen LogP contribution in [0.3, 0.4) is 0 Å². The second-order valence-electron chi connectivity index (χ2n) is 8.39. The molecule has 0 aliphatic carbocycles. The predicted molar refractivity (Wildman–Crippen MR) is 114 cm³/mol. The average Bonchev–Trinajstić information content (AvgIpc) is 3.22. The Hall–Kier alpha value is -2.40. The van der Waals surface area contributed by atoms with E-state index in [9.17, 15) is 4.79 Å². The third-order valence-corrected chi connectivity index (χ3v) is 6.00. The highest BCUT2D eigenvalue weighted by atomic mass is 16.5. The Balaban J connectivity index is 1.31. The monoisotopic (exact) mass is 393 g/mol. The third kappa shape index (κ3) is 5.36. The number of hydrogen-bond donors (Lipinski definition) is 0. The van der Waals surface area contributed by atoms with E-state index in [-0.39, 0.29) is 5.91 Å². The zero-order valence-electron chi connectivity index (χ0n) is 17.3. The smallest absolute Gasteiger partial charge is 0.253 e. The molecule has 0 saturated carbocycles. The van der Waals surface area contributed by atoms with E-state index in [1.165, 1.54) is 32.4 Å². The van der Waals surface area contributed by atoms with Crippen molar-refractivity contribution >= 4 is 5.91 Å². The highest BCUT2D eigenvalue weighted by molar-refractivity contribution is 5.94. The molecule has 5 nitrogen and oxygen atoms in total. The lowest BCUT2D eigenvalue weighted by atomic mass is 10.1. The second-order valence-corrected chi connectivity index (χ2v) is 8.39. The maximum Gasteiger partial charge on any atom is 0.253 e. The van der Waals surface area contributed by atoms with Crippen LogP contribution in [0.25, 0.3) is 0 Å². The molecule has 29 heavy (non-hydrogen) atoms. The minimum Gasteiger partial charge on any atom is -0.487 e.